The minimum atomic E-state index is -0.0383. The van der Waals surface area contributed by atoms with Crippen molar-refractivity contribution in [3.05, 3.63) is 23.8 Å². The summed E-state index contributed by atoms with van der Waals surface area (Å²) in [5, 5.41) is 8.89. The summed E-state index contributed by atoms with van der Waals surface area (Å²) in [6.07, 6.45) is 0.437. The fourth-order valence-corrected chi connectivity index (χ4v) is 1.79. The Balaban J connectivity index is 2.63. The Morgan fingerprint density at radius 2 is 1.82 bits per heavy atom. The molecule has 2 amide bonds. The Labute approximate surface area is 132 Å². The molecular weight excluding hydrogens is 278 g/mol. The van der Waals surface area contributed by atoms with E-state index in [9.17, 15) is 9.59 Å². The van der Waals surface area contributed by atoms with Gasteiger partial charge in [-0.05, 0) is 37.5 Å². The molecule has 0 aliphatic carbocycles. The van der Waals surface area contributed by atoms with Crippen molar-refractivity contribution in [3.63, 3.8) is 0 Å². The van der Waals surface area contributed by atoms with Gasteiger partial charge in [0.25, 0.3) is 0 Å². The molecule has 1 aromatic carbocycles. The molecule has 0 aliphatic rings. The van der Waals surface area contributed by atoms with Crippen LogP contribution < -0.4 is 16.0 Å². The number of benzene rings is 1. The maximum Gasteiger partial charge on any atom is 0.239 e. The molecule has 1 rings (SSSR count). The first kappa shape index (κ1) is 18.0. The molecular formula is C17H27N3O2. The lowest BCUT2D eigenvalue weighted by Gasteiger charge is -2.18. The van der Waals surface area contributed by atoms with E-state index in [1.165, 1.54) is 0 Å². The van der Waals surface area contributed by atoms with E-state index in [-0.39, 0.29) is 24.4 Å². The standard InChI is InChI=1S/C17H27N3O2/c1-6-16(21)20-14-8-7-12(4)15(9-14)18-10-17(22)19-13(5)11(2)3/h7-9,11,13,18H,6,10H2,1-5H3,(H,19,22)(H,20,21)/t13-/m1/s1. The molecule has 3 N–H and O–H groups in total. The van der Waals surface area contributed by atoms with Crippen LogP contribution in [0.3, 0.4) is 0 Å². The Hall–Kier alpha value is -2.04. The van der Waals surface area contributed by atoms with Gasteiger partial charge in [0.15, 0.2) is 0 Å². The first-order valence-corrected chi connectivity index (χ1v) is 7.77. The van der Waals surface area contributed by atoms with Crippen LogP contribution in [0, 0.1) is 12.8 Å². The summed E-state index contributed by atoms with van der Waals surface area (Å²) < 4.78 is 0. The second-order valence-electron chi connectivity index (χ2n) is 5.89. The smallest absolute Gasteiger partial charge is 0.239 e. The van der Waals surface area contributed by atoms with Crippen LogP contribution in [0.5, 0.6) is 0 Å². The van der Waals surface area contributed by atoms with E-state index in [1.807, 2.05) is 39.0 Å². The number of hydrogen-bond donors (Lipinski definition) is 3. The normalized spacial score (nSPS) is 11.9. The minimum Gasteiger partial charge on any atom is -0.376 e. The highest BCUT2D eigenvalue weighted by atomic mass is 16.2. The highest BCUT2D eigenvalue weighted by Crippen LogP contribution is 2.20. The molecule has 1 atom stereocenters. The molecule has 0 aliphatic heterocycles. The zero-order chi connectivity index (χ0) is 16.7. The molecule has 0 spiro atoms. The van der Waals surface area contributed by atoms with E-state index in [2.05, 4.69) is 29.8 Å². The summed E-state index contributed by atoms with van der Waals surface area (Å²) in [5.41, 5.74) is 2.61. The summed E-state index contributed by atoms with van der Waals surface area (Å²) >= 11 is 0. The highest BCUT2D eigenvalue weighted by molar-refractivity contribution is 5.91. The number of rotatable bonds is 7. The molecule has 0 saturated carbocycles. The van der Waals surface area contributed by atoms with Crippen LogP contribution in [0.4, 0.5) is 11.4 Å². The monoisotopic (exact) mass is 305 g/mol. The van der Waals surface area contributed by atoms with Gasteiger partial charge in [0.2, 0.25) is 11.8 Å². The highest BCUT2D eigenvalue weighted by Gasteiger charge is 2.11. The quantitative estimate of drug-likeness (QED) is 0.725. The van der Waals surface area contributed by atoms with Gasteiger partial charge < -0.3 is 16.0 Å². The molecule has 1 aromatic rings. The fourth-order valence-electron chi connectivity index (χ4n) is 1.79. The molecule has 0 aromatic heterocycles. The van der Waals surface area contributed by atoms with Crippen molar-refractivity contribution in [2.24, 2.45) is 5.92 Å². The number of nitrogens with one attached hydrogen (secondary N) is 3. The van der Waals surface area contributed by atoms with Gasteiger partial charge >= 0.3 is 0 Å². The van der Waals surface area contributed by atoms with Crippen LogP contribution in [0.2, 0.25) is 0 Å². The molecule has 5 nitrogen and oxygen atoms in total. The summed E-state index contributed by atoms with van der Waals surface area (Å²) in [4.78, 5) is 23.3. The number of hydrogen-bond acceptors (Lipinski definition) is 3. The van der Waals surface area contributed by atoms with Gasteiger partial charge in [0, 0.05) is 23.8 Å². The van der Waals surface area contributed by atoms with Gasteiger partial charge in [-0.1, -0.05) is 26.8 Å². The summed E-state index contributed by atoms with van der Waals surface area (Å²) in [7, 11) is 0. The number of carbonyl (C=O) groups excluding carboxylic acids is 2. The van der Waals surface area contributed by atoms with E-state index in [1.54, 1.807) is 0 Å². The van der Waals surface area contributed by atoms with Crippen molar-refractivity contribution in [1.29, 1.82) is 0 Å². The zero-order valence-electron chi connectivity index (χ0n) is 14.1. The van der Waals surface area contributed by atoms with Crippen molar-refractivity contribution < 1.29 is 9.59 Å². The number of amides is 2. The second-order valence-corrected chi connectivity index (χ2v) is 5.89. The van der Waals surface area contributed by atoms with Gasteiger partial charge in [-0.25, -0.2) is 0 Å². The van der Waals surface area contributed by atoms with E-state index < -0.39 is 0 Å². The SMILES string of the molecule is CCC(=O)Nc1ccc(C)c(NCC(=O)N[C@H](C)C(C)C)c1. The van der Waals surface area contributed by atoms with Gasteiger partial charge in [-0.3, -0.25) is 9.59 Å². The van der Waals surface area contributed by atoms with E-state index in [0.29, 0.717) is 12.3 Å². The first-order chi connectivity index (χ1) is 10.3. The van der Waals surface area contributed by atoms with E-state index >= 15 is 0 Å². The second kappa shape index (κ2) is 8.41. The van der Waals surface area contributed by atoms with Crippen molar-refractivity contribution in [1.82, 2.24) is 5.32 Å². The van der Waals surface area contributed by atoms with Crippen LogP contribution in [-0.2, 0) is 9.59 Å². The molecule has 5 heteroatoms. The van der Waals surface area contributed by atoms with Crippen molar-refractivity contribution >= 4 is 23.2 Å². The number of aryl methyl sites for hydroxylation is 1. The summed E-state index contributed by atoms with van der Waals surface area (Å²) in [6, 6.07) is 5.77. The van der Waals surface area contributed by atoms with Crippen molar-refractivity contribution in [3.8, 4) is 0 Å². The zero-order valence-corrected chi connectivity index (χ0v) is 14.1. The van der Waals surface area contributed by atoms with Crippen LogP contribution in [-0.4, -0.2) is 24.4 Å². The van der Waals surface area contributed by atoms with Crippen LogP contribution in [0.15, 0.2) is 18.2 Å². The van der Waals surface area contributed by atoms with Crippen LogP contribution in [0.1, 0.15) is 39.7 Å². The Kier molecular flexibility index (Phi) is 6.89. The molecule has 0 unspecified atom stereocenters. The van der Waals surface area contributed by atoms with Gasteiger partial charge in [-0.2, -0.15) is 0 Å². The average molecular weight is 305 g/mol. The third-order valence-electron chi connectivity index (χ3n) is 3.67. The van der Waals surface area contributed by atoms with E-state index in [4.69, 9.17) is 0 Å². The molecule has 0 fully saturated rings. The lowest BCUT2D eigenvalue weighted by atomic mass is 10.1. The third-order valence-corrected chi connectivity index (χ3v) is 3.67. The average Bonchev–Trinajstić information content (AvgIpc) is 2.47. The van der Waals surface area contributed by atoms with Crippen molar-refractivity contribution in [2.45, 2.75) is 47.1 Å². The Morgan fingerprint density at radius 1 is 1.14 bits per heavy atom. The number of anilines is 2. The topological polar surface area (TPSA) is 70.2 Å². The summed E-state index contributed by atoms with van der Waals surface area (Å²) in [6.45, 7) is 10.1. The van der Waals surface area contributed by atoms with Gasteiger partial charge in [0.05, 0.1) is 6.54 Å². The lowest BCUT2D eigenvalue weighted by Crippen LogP contribution is -2.39. The number of carbonyl (C=O) groups is 2. The predicted molar refractivity (Wildman–Crippen MR) is 91.0 cm³/mol. The molecule has 0 radical (unpaired) electrons. The maximum atomic E-state index is 11.9. The van der Waals surface area contributed by atoms with Gasteiger partial charge in [-0.15, -0.1) is 0 Å². The Morgan fingerprint density at radius 3 is 2.41 bits per heavy atom. The van der Waals surface area contributed by atoms with Gasteiger partial charge in [0.1, 0.15) is 0 Å². The molecule has 0 heterocycles. The predicted octanol–water partition coefficient (Wildman–Crippen LogP) is 2.92. The molecule has 22 heavy (non-hydrogen) atoms. The van der Waals surface area contributed by atoms with E-state index in [0.717, 1.165) is 16.9 Å². The minimum absolute atomic E-state index is 0.0293. The maximum absolute atomic E-state index is 11.9. The first-order valence-electron chi connectivity index (χ1n) is 7.77. The fraction of sp³-hybridized carbons (Fsp3) is 0.529. The Bertz CT molecular complexity index is 527. The van der Waals surface area contributed by atoms with Crippen LogP contribution in [0.25, 0.3) is 0 Å². The van der Waals surface area contributed by atoms with Crippen molar-refractivity contribution in [2.75, 3.05) is 17.2 Å². The third kappa shape index (κ3) is 5.76. The molecule has 122 valence electrons. The van der Waals surface area contributed by atoms with Crippen LogP contribution >= 0.6 is 0 Å². The lowest BCUT2D eigenvalue weighted by molar-refractivity contribution is -0.120. The molecule has 0 bridgehead atoms. The molecule has 0 saturated heterocycles. The summed E-state index contributed by atoms with van der Waals surface area (Å²) in [5.74, 6) is 0.333. The largest absolute Gasteiger partial charge is 0.376 e.